The van der Waals surface area contributed by atoms with E-state index in [2.05, 4.69) is 53.3 Å². The number of anilines is 3. The van der Waals surface area contributed by atoms with Gasteiger partial charge in [0.25, 0.3) is 0 Å². The molecule has 1 aromatic heterocycles. The highest BCUT2D eigenvalue weighted by Crippen LogP contribution is 2.36. The minimum absolute atomic E-state index is 0.0220. The lowest BCUT2D eigenvalue weighted by molar-refractivity contribution is 0.319. The monoisotopic (exact) mass is 432 g/mol. The summed E-state index contributed by atoms with van der Waals surface area (Å²) in [6, 6.07) is 14.7. The van der Waals surface area contributed by atoms with Gasteiger partial charge in [-0.3, -0.25) is 4.57 Å². The molecule has 2 aromatic carbocycles. The average molecular weight is 433 g/mol. The lowest BCUT2D eigenvalue weighted by atomic mass is 9.89. The number of piperidine rings is 1. The van der Waals surface area contributed by atoms with E-state index in [0.717, 1.165) is 42.0 Å². The number of para-hydroxylation sites is 1. The molecule has 2 unspecified atom stereocenters. The summed E-state index contributed by atoms with van der Waals surface area (Å²) in [5, 5.41) is 3.63. The van der Waals surface area contributed by atoms with Crippen LogP contribution in [0, 0.1) is 17.8 Å². The van der Waals surface area contributed by atoms with Gasteiger partial charge in [-0.15, -0.1) is 0 Å². The molecule has 5 nitrogen and oxygen atoms in total. The van der Waals surface area contributed by atoms with Crippen molar-refractivity contribution in [3.05, 3.63) is 52.9 Å². The summed E-state index contributed by atoms with van der Waals surface area (Å²) in [4.78, 5) is 18.6. The van der Waals surface area contributed by atoms with Crippen LogP contribution in [-0.2, 0) is 6.54 Å². The number of aromatic nitrogens is 2. The van der Waals surface area contributed by atoms with E-state index in [4.69, 9.17) is 0 Å². The van der Waals surface area contributed by atoms with E-state index in [1.165, 1.54) is 44.2 Å². The van der Waals surface area contributed by atoms with Gasteiger partial charge < -0.3 is 15.2 Å². The maximum Gasteiger partial charge on any atom is 0.326 e. The van der Waals surface area contributed by atoms with Crippen molar-refractivity contribution in [2.45, 2.75) is 58.9 Å². The number of nitrogens with one attached hydrogen (secondary N) is 2. The number of hydrogen-bond acceptors (Lipinski definition) is 3. The van der Waals surface area contributed by atoms with Crippen molar-refractivity contribution in [3.63, 3.8) is 0 Å². The molecule has 0 amide bonds. The van der Waals surface area contributed by atoms with Crippen molar-refractivity contribution in [2.75, 3.05) is 23.3 Å². The van der Waals surface area contributed by atoms with Crippen molar-refractivity contribution >= 4 is 28.1 Å². The Morgan fingerprint density at radius 1 is 1.00 bits per heavy atom. The first-order valence-corrected chi connectivity index (χ1v) is 12.4. The Kier molecular flexibility index (Phi) is 5.99. The molecule has 5 rings (SSSR count). The highest BCUT2D eigenvalue weighted by atomic mass is 16.1. The van der Waals surface area contributed by atoms with E-state index in [0.29, 0.717) is 17.8 Å². The van der Waals surface area contributed by atoms with Gasteiger partial charge in [0.2, 0.25) is 0 Å². The smallest absolute Gasteiger partial charge is 0.326 e. The van der Waals surface area contributed by atoms with Gasteiger partial charge in [0.15, 0.2) is 0 Å². The second kappa shape index (κ2) is 9.05. The Hall–Kier alpha value is -2.69. The first-order valence-electron chi connectivity index (χ1n) is 12.4. The predicted molar refractivity (Wildman–Crippen MR) is 134 cm³/mol. The molecular weight excluding hydrogens is 396 g/mol. The van der Waals surface area contributed by atoms with Crippen molar-refractivity contribution in [1.29, 1.82) is 0 Å². The van der Waals surface area contributed by atoms with Crippen LogP contribution in [0.25, 0.3) is 11.0 Å². The Morgan fingerprint density at radius 3 is 2.44 bits per heavy atom. The molecule has 2 heterocycles. The molecule has 2 fully saturated rings. The molecule has 1 saturated heterocycles. The predicted octanol–water partition coefficient (Wildman–Crippen LogP) is 6.14. The van der Waals surface area contributed by atoms with Gasteiger partial charge in [-0.1, -0.05) is 51.3 Å². The van der Waals surface area contributed by atoms with Gasteiger partial charge in [0.05, 0.1) is 22.4 Å². The zero-order valence-corrected chi connectivity index (χ0v) is 19.4. The largest absolute Gasteiger partial charge is 0.369 e. The van der Waals surface area contributed by atoms with Crippen LogP contribution in [0.5, 0.6) is 0 Å². The molecule has 2 aliphatic rings. The summed E-state index contributed by atoms with van der Waals surface area (Å²) >= 11 is 0. The van der Waals surface area contributed by atoms with E-state index < -0.39 is 0 Å². The zero-order valence-electron chi connectivity index (χ0n) is 19.4. The Labute approximate surface area is 190 Å². The highest BCUT2D eigenvalue weighted by Gasteiger charge is 2.25. The van der Waals surface area contributed by atoms with Crippen LogP contribution < -0.4 is 15.9 Å². The second-order valence-corrected chi connectivity index (χ2v) is 10.3. The van der Waals surface area contributed by atoms with E-state index in [-0.39, 0.29) is 5.69 Å². The topological polar surface area (TPSA) is 53.1 Å². The maximum absolute atomic E-state index is 12.9. The van der Waals surface area contributed by atoms with Gasteiger partial charge in [-0.2, -0.15) is 0 Å². The van der Waals surface area contributed by atoms with Crippen LogP contribution in [0.2, 0.25) is 0 Å². The third-order valence-corrected chi connectivity index (χ3v) is 7.32. The molecule has 2 N–H and O–H groups in total. The van der Waals surface area contributed by atoms with E-state index in [9.17, 15) is 4.79 Å². The number of H-pyrrole nitrogens is 1. The quantitative estimate of drug-likeness (QED) is 0.509. The summed E-state index contributed by atoms with van der Waals surface area (Å²) < 4.78 is 2.00. The summed E-state index contributed by atoms with van der Waals surface area (Å²) in [6.45, 7) is 7.63. The third kappa shape index (κ3) is 4.43. The second-order valence-electron chi connectivity index (χ2n) is 10.3. The van der Waals surface area contributed by atoms with Gasteiger partial charge in [0, 0.05) is 25.3 Å². The standard InChI is InChI=1S/C27H36N4O/c1-19-13-20(2)17-30(16-19)25-15-26-24(14-23(25)28-22-11-7-4-8-12-22)29-27(32)31(26)18-21-9-5-3-6-10-21/h4,7-8,11-12,14-15,19-21,28H,3,5-6,9-10,13,16-18H2,1-2H3,(H,29,32). The van der Waals surface area contributed by atoms with E-state index >= 15 is 0 Å². The SMILES string of the molecule is CC1CC(C)CN(c2cc3c(cc2Nc2ccccc2)[nH]c(=O)n3CC2CCCCC2)C1. The molecule has 32 heavy (non-hydrogen) atoms. The molecular formula is C27H36N4O. The van der Waals surface area contributed by atoms with Crippen LogP contribution in [-0.4, -0.2) is 22.6 Å². The van der Waals surface area contributed by atoms with Crippen LogP contribution >= 0.6 is 0 Å². The first-order chi connectivity index (χ1) is 15.6. The molecule has 2 atom stereocenters. The number of imidazole rings is 1. The number of hydrogen-bond donors (Lipinski definition) is 2. The number of aromatic amines is 1. The normalized spacial score (nSPS) is 22.4. The van der Waals surface area contributed by atoms with Gasteiger partial charge in [-0.25, -0.2) is 4.79 Å². The zero-order chi connectivity index (χ0) is 22.1. The van der Waals surface area contributed by atoms with Crippen molar-refractivity contribution < 1.29 is 0 Å². The molecule has 3 aromatic rings. The molecule has 1 aliphatic carbocycles. The molecule has 0 spiro atoms. The molecule has 1 aliphatic heterocycles. The number of fused-ring (bicyclic) bond motifs is 1. The van der Waals surface area contributed by atoms with Gasteiger partial charge in [-0.05, 0) is 61.3 Å². The third-order valence-electron chi connectivity index (χ3n) is 7.32. The van der Waals surface area contributed by atoms with E-state index in [1.807, 2.05) is 22.8 Å². The Morgan fingerprint density at radius 2 is 1.72 bits per heavy atom. The summed E-state index contributed by atoms with van der Waals surface area (Å²) in [5.74, 6) is 1.94. The fraction of sp³-hybridized carbons (Fsp3) is 0.519. The fourth-order valence-corrected chi connectivity index (χ4v) is 5.90. The molecule has 1 saturated carbocycles. The van der Waals surface area contributed by atoms with Crippen molar-refractivity contribution in [1.82, 2.24) is 9.55 Å². The number of nitrogens with zero attached hydrogens (tertiary/aromatic N) is 2. The lowest BCUT2D eigenvalue weighted by Gasteiger charge is -2.37. The minimum Gasteiger partial charge on any atom is -0.369 e. The van der Waals surface area contributed by atoms with Crippen molar-refractivity contribution in [2.24, 2.45) is 17.8 Å². The number of rotatable bonds is 5. The average Bonchev–Trinajstić information content (AvgIpc) is 3.08. The van der Waals surface area contributed by atoms with Gasteiger partial charge >= 0.3 is 5.69 Å². The van der Waals surface area contributed by atoms with Crippen LogP contribution in [0.15, 0.2) is 47.3 Å². The molecule has 5 heteroatoms. The molecule has 0 radical (unpaired) electrons. The van der Waals surface area contributed by atoms with Crippen LogP contribution in [0.1, 0.15) is 52.4 Å². The minimum atomic E-state index is 0.0220. The number of benzene rings is 2. The van der Waals surface area contributed by atoms with E-state index in [1.54, 1.807) is 0 Å². The fourth-order valence-electron chi connectivity index (χ4n) is 5.90. The summed E-state index contributed by atoms with van der Waals surface area (Å²) in [7, 11) is 0. The van der Waals surface area contributed by atoms with Crippen LogP contribution in [0.3, 0.4) is 0 Å². The van der Waals surface area contributed by atoms with Crippen LogP contribution in [0.4, 0.5) is 17.1 Å². The van der Waals surface area contributed by atoms with Gasteiger partial charge in [0.1, 0.15) is 0 Å². The Balaban J connectivity index is 1.57. The lowest BCUT2D eigenvalue weighted by Crippen LogP contribution is -2.39. The molecule has 170 valence electrons. The maximum atomic E-state index is 12.9. The molecule has 0 bridgehead atoms. The Bertz CT molecular complexity index is 1100. The summed E-state index contributed by atoms with van der Waals surface area (Å²) in [5.41, 5.74) is 5.32. The summed E-state index contributed by atoms with van der Waals surface area (Å²) in [6.07, 6.45) is 7.67. The first kappa shape index (κ1) is 21.2. The van der Waals surface area contributed by atoms with Crippen molar-refractivity contribution in [3.8, 4) is 0 Å². The highest BCUT2D eigenvalue weighted by molar-refractivity contribution is 5.90.